The first-order valence-corrected chi connectivity index (χ1v) is 5.13. The second-order valence-electron chi connectivity index (χ2n) is 4.08. The summed E-state index contributed by atoms with van der Waals surface area (Å²) in [5, 5.41) is 3.42. The van der Waals surface area contributed by atoms with Gasteiger partial charge < -0.3 is 9.88 Å². The van der Waals surface area contributed by atoms with Crippen LogP contribution in [-0.4, -0.2) is 16.1 Å². The first-order chi connectivity index (χ1) is 6.36. The predicted molar refractivity (Wildman–Crippen MR) is 50.6 cm³/mol. The Morgan fingerprint density at radius 3 is 3.08 bits per heavy atom. The zero-order chi connectivity index (χ0) is 8.84. The van der Waals surface area contributed by atoms with Crippen LogP contribution >= 0.6 is 0 Å². The molecule has 0 bridgehead atoms. The lowest BCUT2D eigenvalue weighted by molar-refractivity contribution is 0.579. The van der Waals surface area contributed by atoms with Gasteiger partial charge in [0.1, 0.15) is 5.82 Å². The van der Waals surface area contributed by atoms with Gasteiger partial charge in [0.2, 0.25) is 0 Å². The summed E-state index contributed by atoms with van der Waals surface area (Å²) in [5.41, 5.74) is 2.79. The maximum absolute atomic E-state index is 4.64. The van der Waals surface area contributed by atoms with E-state index in [0.717, 1.165) is 25.6 Å². The molecule has 1 N–H and O–H groups in total. The number of nitrogens with one attached hydrogen (secondary N) is 1. The van der Waals surface area contributed by atoms with Crippen LogP contribution in [0.4, 0.5) is 0 Å². The molecule has 0 radical (unpaired) electrons. The van der Waals surface area contributed by atoms with Gasteiger partial charge in [0.05, 0.1) is 11.4 Å². The normalized spacial score (nSPS) is 21.6. The van der Waals surface area contributed by atoms with Crippen LogP contribution in [0.25, 0.3) is 0 Å². The number of imidazole rings is 1. The second kappa shape index (κ2) is 2.58. The average molecular weight is 177 g/mol. The molecule has 1 aliphatic carbocycles. The highest BCUT2D eigenvalue weighted by atomic mass is 15.2. The number of fused-ring (bicyclic) bond motifs is 1. The molecule has 1 aromatic heterocycles. The first-order valence-electron chi connectivity index (χ1n) is 5.13. The van der Waals surface area contributed by atoms with Crippen LogP contribution < -0.4 is 5.32 Å². The van der Waals surface area contributed by atoms with E-state index < -0.39 is 0 Å². The fourth-order valence-electron chi connectivity index (χ4n) is 2.27. The van der Waals surface area contributed by atoms with E-state index in [1.165, 1.54) is 30.1 Å². The van der Waals surface area contributed by atoms with Crippen molar-refractivity contribution < 1.29 is 0 Å². The van der Waals surface area contributed by atoms with Crippen molar-refractivity contribution in [3.8, 4) is 0 Å². The van der Waals surface area contributed by atoms with Gasteiger partial charge in [-0.3, -0.25) is 0 Å². The highest BCUT2D eigenvalue weighted by Gasteiger charge is 2.29. The van der Waals surface area contributed by atoms with Crippen LogP contribution in [-0.2, 0) is 13.0 Å². The van der Waals surface area contributed by atoms with Crippen molar-refractivity contribution in [1.82, 2.24) is 14.9 Å². The minimum atomic E-state index is 0.774. The molecule has 0 atom stereocenters. The molecule has 3 rings (SSSR count). The summed E-state index contributed by atoms with van der Waals surface area (Å²) in [6.07, 6.45) is 3.81. The molecule has 0 spiro atoms. The summed E-state index contributed by atoms with van der Waals surface area (Å²) in [6.45, 7) is 4.25. The lowest BCUT2D eigenvalue weighted by atomic mass is 10.2. The second-order valence-corrected chi connectivity index (χ2v) is 4.08. The van der Waals surface area contributed by atoms with Gasteiger partial charge >= 0.3 is 0 Å². The van der Waals surface area contributed by atoms with E-state index in [0.29, 0.717) is 0 Å². The maximum Gasteiger partial charge on any atom is 0.106 e. The molecule has 13 heavy (non-hydrogen) atoms. The van der Waals surface area contributed by atoms with Gasteiger partial charge in [-0.05, 0) is 19.8 Å². The van der Waals surface area contributed by atoms with Crippen LogP contribution in [0.2, 0.25) is 0 Å². The number of aryl methyl sites for hydroxylation is 1. The lowest BCUT2D eigenvalue weighted by Crippen LogP contribution is -2.25. The average Bonchev–Trinajstić information content (AvgIpc) is 2.88. The Bertz CT molecular complexity index is 336. The van der Waals surface area contributed by atoms with E-state index in [1.54, 1.807) is 0 Å². The number of aromatic nitrogens is 2. The summed E-state index contributed by atoms with van der Waals surface area (Å²) in [5.74, 6) is 1.22. The summed E-state index contributed by atoms with van der Waals surface area (Å²) >= 11 is 0. The molecule has 1 fully saturated rings. The maximum atomic E-state index is 4.64. The standard InChI is InChI=1S/C10H15N3/c1-7-12-9-4-5-11-6-10(9)13(7)8-2-3-8/h8,11H,2-6H2,1H3. The van der Waals surface area contributed by atoms with Crippen molar-refractivity contribution in [3.63, 3.8) is 0 Å². The fourth-order valence-corrected chi connectivity index (χ4v) is 2.27. The Hall–Kier alpha value is -0.830. The van der Waals surface area contributed by atoms with Crippen molar-refractivity contribution in [3.05, 3.63) is 17.2 Å². The van der Waals surface area contributed by atoms with Crippen molar-refractivity contribution in [2.24, 2.45) is 0 Å². The molecule has 0 aromatic carbocycles. The molecule has 1 saturated carbocycles. The number of nitrogens with zero attached hydrogens (tertiary/aromatic N) is 2. The topological polar surface area (TPSA) is 29.9 Å². The van der Waals surface area contributed by atoms with Gasteiger partial charge in [-0.1, -0.05) is 0 Å². The molecule has 70 valence electrons. The Kier molecular flexibility index (Phi) is 1.50. The van der Waals surface area contributed by atoms with Gasteiger partial charge in [0.15, 0.2) is 0 Å². The van der Waals surface area contributed by atoms with E-state index in [2.05, 4.69) is 21.8 Å². The molecular formula is C10H15N3. The molecule has 0 unspecified atom stereocenters. The van der Waals surface area contributed by atoms with Crippen LogP contribution in [0.1, 0.15) is 36.1 Å². The third-order valence-corrected chi connectivity index (χ3v) is 3.01. The first kappa shape index (κ1) is 7.56. The highest BCUT2D eigenvalue weighted by Crippen LogP contribution is 2.38. The predicted octanol–water partition coefficient (Wildman–Crippen LogP) is 1.17. The Labute approximate surface area is 78.2 Å². The number of rotatable bonds is 1. The molecule has 0 amide bonds. The Balaban J connectivity index is 2.10. The molecule has 1 aromatic rings. The van der Waals surface area contributed by atoms with E-state index >= 15 is 0 Å². The van der Waals surface area contributed by atoms with E-state index in [1.807, 2.05) is 0 Å². The molecule has 3 heteroatoms. The number of hydrogen-bond donors (Lipinski definition) is 1. The number of hydrogen-bond acceptors (Lipinski definition) is 2. The van der Waals surface area contributed by atoms with Gasteiger partial charge in [0.25, 0.3) is 0 Å². The minimum absolute atomic E-state index is 0.774. The largest absolute Gasteiger partial charge is 0.328 e. The molecule has 2 heterocycles. The molecule has 3 nitrogen and oxygen atoms in total. The molecule has 1 aliphatic heterocycles. The Morgan fingerprint density at radius 1 is 1.46 bits per heavy atom. The monoisotopic (exact) mass is 177 g/mol. The van der Waals surface area contributed by atoms with Crippen LogP contribution in [0.15, 0.2) is 0 Å². The van der Waals surface area contributed by atoms with Gasteiger partial charge in [-0.15, -0.1) is 0 Å². The molecule has 0 saturated heterocycles. The fraction of sp³-hybridized carbons (Fsp3) is 0.700. The third-order valence-electron chi connectivity index (χ3n) is 3.01. The molecule has 2 aliphatic rings. The zero-order valence-electron chi connectivity index (χ0n) is 8.01. The Morgan fingerprint density at radius 2 is 2.31 bits per heavy atom. The van der Waals surface area contributed by atoms with Gasteiger partial charge in [-0.25, -0.2) is 4.98 Å². The zero-order valence-corrected chi connectivity index (χ0v) is 8.01. The van der Waals surface area contributed by atoms with Crippen LogP contribution in [0.5, 0.6) is 0 Å². The third kappa shape index (κ3) is 1.10. The summed E-state index contributed by atoms with van der Waals surface area (Å²) in [4.78, 5) is 4.64. The van der Waals surface area contributed by atoms with Crippen molar-refractivity contribution in [2.45, 2.75) is 38.8 Å². The quantitative estimate of drug-likeness (QED) is 0.698. The SMILES string of the molecule is Cc1nc2c(n1C1CC1)CNCC2. The summed E-state index contributed by atoms with van der Waals surface area (Å²) in [7, 11) is 0. The van der Waals surface area contributed by atoms with Gasteiger partial charge in [-0.2, -0.15) is 0 Å². The van der Waals surface area contributed by atoms with Crippen LogP contribution in [0.3, 0.4) is 0 Å². The smallest absolute Gasteiger partial charge is 0.106 e. The van der Waals surface area contributed by atoms with Gasteiger partial charge in [0, 0.05) is 25.6 Å². The van der Waals surface area contributed by atoms with Crippen molar-refractivity contribution in [1.29, 1.82) is 0 Å². The molecular weight excluding hydrogens is 162 g/mol. The minimum Gasteiger partial charge on any atom is -0.328 e. The van der Waals surface area contributed by atoms with Crippen LogP contribution in [0, 0.1) is 6.92 Å². The highest BCUT2D eigenvalue weighted by molar-refractivity contribution is 5.21. The van der Waals surface area contributed by atoms with E-state index in [4.69, 9.17) is 0 Å². The summed E-state index contributed by atoms with van der Waals surface area (Å²) in [6, 6.07) is 0.774. The lowest BCUT2D eigenvalue weighted by Gasteiger charge is -2.15. The van der Waals surface area contributed by atoms with E-state index in [9.17, 15) is 0 Å². The van der Waals surface area contributed by atoms with Crippen molar-refractivity contribution >= 4 is 0 Å². The summed E-state index contributed by atoms with van der Waals surface area (Å²) < 4.78 is 2.45. The van der Waals surface area contributed by atoms with E-state index in [-0.39, 0.29) is 0 Å². The van der Waals surface area contributed by atoms with Crippen molar-refractivity contribution in [2.75, 3.05) is 6.54 Å².